The van der Waals surface area contributed by atoms with Crippen LogP contribution >= 0.6 is 11.6 Å². The lowest BCUT2D eigenvalue weighted by Gasteiger charge is -2.28. The van der Waals surface area contributed by atoms with E-state index < -0.39 is 11.8 Å². The molecule has 6 nitrogen and oxygen atoms in total. The van der Waals surface area contributed by atoms with Gasteiger partial charge in [-0.3, -0.25) is 9.59 Å². The summed E-state index contributed by atoms with van der Waals surface area (Å²) in [6.07, 6.45) is 5.36. The molecule has 1 saturated heterocycles. The van der Waals surface area contributed by atoms with E-state index in [1.807, 2.05) is 6.07 Å². The van der Waals surface area contributed by atoms with E-state index >= 15 is 0 Å². The van der Waals surface area contributed by atoms with Crippen LogP contribution in [0.5, 0.6) is 0 Å². The molecule has 156 valence electrons. The summed E-state index contributed by atoms with van der Waals surface area (Å²) in [6.45, 7) is 2.64. The van der Waals surface area contributed by atoms with Gasteiger partial charge in [0.15, 0.2) is 0 Å². The zero-order valence-corrected chi connectivity index (χ0v) is 17.5. The molecule has 0 spiro atoms. The first kappa shape index (κ1) is 21.7. The minimum absolute atomic E-state index is 0.221. The molecule has 2 N–H and O–H groups in total. The van der Waals surface area contributed by atoms with E-state index in [1.165, 1.54) is 42.6 Å². The number of nitriles is 1. The van der Waals surface area contributed by atoms with Gasteiger partial charge in [0.25, 0.3) is 0 Å². The summed E-state index contributed by atoms with van der Waals surface area (Å²) < 4.78 is 0. The zero-order valence-electron chi connectivity index (χ0n) is 16.8. The molecular weight excluding hydrogens is 400 g/mol. The molecule has 1 heterocycles. The number of benzene rings is 2. The Balaban J connectivity index is 1.42. The Kier molecular flexibility index (Phi) is 7.69. The Labute approximate surface area is 181 Å². The SMILES string of the molecule is N#Cc1ccc(Cl)cc1NC(=O)C(=O)NCCCc1ccc(N2CCCCC2)cc1. The number of carbonyl (C=O) groups is 2. The molecule has 0 bridgehead atoms. The highest BCUT2D eigenvalue weighted by molar-refractivity contribution is 6.40. The molecule has 1 aliphatic rings. The number of halogens is 1. The van der Waals surface area contributed by atoms with Crippen LogP contribution in [-0.2, 0) is 16.0 Å². The van der Waals surface area contributed by atoms with Crippen molar-refractivity contribution in [3.8, 4) is 6.07 Å². The third kappa shape index (κ3) is 5.98. The first-order chi connectivity index (χ1) is 14.6. The molecule has 1 fully saturated rings. The summed E-state index contributed by atoms with van der Waals surface area (Å²) in [5.74, 6) is -1.56. The van der Waals surface area contributed by atoms with Crippen LogP contribution in [0.2, 0.25) is 5.02 Å². The second-order valence-electron chi connectivity index (χ2n) is 7.33. The number of nitrogens with zero attached hydrogens (tertiary/aromatic N) is 2. The van der Waals surface area contributed by atoms with Crippen molar-refractivity contribution in [1.82, 2.24) is 5.32 Å². The maximum atomic E-state index is 12.1. The Morgan fingerprint density at radius 3 is 2.47 bits per heavy atom. The molecule has 7 heteroatoms. The first-order valence-corrected chi connectivity index (χ1v) is 10.6. The van der Waals surface area contributed by atoms with Crippen molar-refractivity contribution < 1.29 is 9.59 Å². The minimum Gasteiger partial charge on any atom is -0.372 e. The maximum Gasteiger partial charge on any atom is 0.313 e. The molecule has 1 aliphatic heterocycles. The van der Waals surface area contributed by atoms with E-state index in [0.717, 1.165) is 25.9 Å². The molecule has 2 aromatic rings. The van der Waals surface area contributed by atoms with Gasteiger partial charge < -0.3 is 15.5 Å². The quantitative estimate of drug-likeness (QED) is 0.544. The van der Waals surface area contributed by atoms with Crippen LogP contribution in [0.25, 0.3) is 0 Å². The van der Waals surface area contributed by atoms with E-state index in [0.29, 0.717) is 11.6 Å². The van der Waals surface area contributed by atoms with Gasteiger partial charge in [-0.2, -0.15) is 5.26 Å². The molecule has 30 heavy (non-hydrogen) atoms. The molecule has 0 unspecified atom stereocenters. The standard InChI is InChI=1S/C23H25ClN4O2/c24-19-9-8-18(16-25)21(15-19)27-23(30)22(29)26-12-4-5-17-6-10-20(11-7-17)28-13-2-1-3-14-28/h6-11,15H,1-5,12-14H2,(H,26,29)(H,27,30). The second-order valence-corrected chi connectivity index (χ2v) is 7.77. The van der Waals surface area contributed by atoms with Gasteiger partial charge in [0, 0.05) is 30.3 Å². The average molecular weight is 425 g/mol. The lowest BCUT2D eigenvalue weighted by atomic mass is 10.1. The van der Waals surface area contributed by atoms with Crippen LogP contribution in [-0.4, -0.2) is 31.4 Å². The van der Waals surface area contributed by atoms with Crippen LogP contribution in [0.3, 0.4) is 0 Å². The Hall–Kier alpha value is -3.04. The van der Waals surface area contributed by atoms with Gasteiger partial charge in [-0.25, -0.2) is 0 Å². The van der Waals surface area contributed by atoms with Gasteiger partial charge in [-0.1, -0.05) is 23.7 Å². The van der Waals surface area contributed by atoms with E-state index in [2.05, 4.69) is 39.8 Å². The third-order valence-electron chi connectivity index (χ3n) is 5.14. The highest BCUT2D eigenvalue weighted by Gasteiger charge is 2.15. The number of aryl methyl sites for hydroxylation is 1. The summed E-state index contributed by atoms with van der Waals surface area (Å²) in [4.78, 5) is 26.5. The van der Waals surface area contributed by atoms with E-state index in [-0.39, 0.29) is 11.3 Å². The minimum atomic E-state index is -0.820. The highest BCUT2D eigenvalue weighted by atomic mass is 35.5. The number of amides is 2. The second kappa shape index (κ2) is 10.7. The third-order valence-corrected chi connectivity index (χ3v) is 5.38. The molecule has 0 aromatic heterocycles. The van der Waals surface area contributed by atoms with Crippen molar-refractivity contribution >= 4 is 34.8 Å². The molecule has 0 atom stereocenters. The summed E-state index contributed by atoms with van der Waals surface area (Å²) in [6, 6.07) is 15.0. The Morgan fingerprint density at radius 1 is 1.03 bits per heavy atom. The maximum absolute atomic E-state index is 12.1. The fourth-order valence-corrected chi connectivity index (χ4v) is 3.67. The molecule has 0 aliphatic carbocycles. The van der Waals surface area contributed by atoms with Gasteiger partial charge in [0.2, 0.25) is 0 Å². The van der Waals surface area contributed by atoms with Gasteiger partial charge in [0.1, 0.15) is 6.07 Å². The molecule has 0 radical (unpaired) electrons. The number of hydrogen-bond donors (Lipinski definition) is 2. The van der Waals surface area contributed by atoms with Crippen molar-refractivity contribution in [2.45, 2.75) is 32.1 Å². The fourth-order valence-electron chi connectivity index (χ4n) is 3.50. The van der Waals surface area contributed by atoms with Crippen molar-refractivity contribution in [3.05, 3.63) is 58.6 Å². The largest absolute Gasteiger partial charge is 0.372 e. The molecule has 2 amide bonds. The number of piperidine rings is 1. The Morgan fingerprint density at radius 2 is 1.77 bits per heavy atom. The highest BCUT2D eigenvalue weighted by Crippen LogP contribution is 2.21. The Bertz CT molecular complexity index is 931. The molecule has 3 rings (SSSR count). The van der Waals surface area contributed by atoms with Crippen molar-refractivity contribution in [1.29, 1.82) is 5.26 Å². The van der Waals surface area contributed by atoms with Gasteiger partial charge in [-0.15, -0.1) is 0 Å². The molecule has 0 saturated carbocycles. The van der Waals surface area contributed by atoms with Crippen LogP contribution in [0.4, 0.5) is 11.4 Å². The molecular formula is C23H25ClN4O2. The summed E-state index contributed by atoms with van der Waals surface area (Å²) in [7, 11) is 0. The van der Waals surface area contributed by atoms with Crippen molar-refractivity contribution in [2.24, 2.45) is 0 Å². The monoisotopic (exact) mass is 424 g/mol. The average Bonchev–Trinajstić information content (AvgIpc) is 2.77. The molecule has 2 aromatic carbocycles. The van der Waals surface area contributed by atoms with E-state index in [4.69, 9.17) is 16.9 Å². The van der Waals surface area contributed by atoms with Crippen LogP contribution in [0, 0.1) is 11.3 Å². The van der Waals surface area contributed by atoms with Crippen LogP contribution in [0.15, 0.2) is 42.5 Å². The number of carbonyl (C=O) groups excluding carboxylic acids is 2. The lowest BCUT2D eigenvalue weighted by Crippen LogP contribution is -2.36. The normalized spacial score (nSPS) is 13.4. The number of rotatable bonds is 6. The topological polar surface area (TPSA) is 85.2 Å². The van der Waals surface area contributed by atoms with Crippen molar-refractivity contribution in [3.63, 3.8) is 0 Å². The first-order valence-electron chi connectivity index (χ1n) is 10.2. The van der Waals surface area contributed by atoms with Gasteiger partial charge in [0.05, 0.1) is 11.3 Å². The summed E-state index contributed by atoms with van der Waals surface area (Å²) in [5, 5.41) is 14.5. The summed E-state index contributed by atoms with van der Waals surface area (Å²) in [5.41, 5.74) is 2.93. The van der Waals surface area contributed by atoms with E-state index in [9.17, 15) is 9.59 Å². The van der Waals surface area contributed by atoms with Crippen LogP contribution < -0.4 is 15.5 Å². The number of anilines is 2. The van der Waals surface area contributed by atoms with Gasteiger partial charge in [-0.05, 0) is 68.0 Å². The number of nitrogens with one attached hydrogen (secondary N) is 2. The van der Waals surface area contributed by atoms with E-state index in [1.54, 1.807) is 6.07 Å². The fraction of sp³-hybridized carbons (Fsp3) is 0.348. The predicted octanol–water partition coefficient (Wildman–Crippen LogP) is 3.89. The van der Waals surface area contributed by atoms with Crippen molar-refractivity contribution in [2.75, 3.05) is 29.9 Å². The predicted molar refractivity (Wildman–Crippen MR) is 119 cm³/mol. The smallest absolute Gasteiger partial charge is 0.313 e. The van der Waals surface area contributed by atoms with Crippen LogP contribution in [0.1, 0.15) is 36.8 Å². The zero-order chi connectivity index (χ0) is 21.3. The number of hydrogen-bond acceptors (Lipinski definition) is 4. The lowest BCUT2D eigenvalue weighted by molar-refractivity contribution is -0.136. The van der Waals surface area contributed by atoms with Gasteiger partial charge >= 0.3 is 11.8 Å². The summed E-state index contributed by atoms with van der Waals surface area (Å²) >= 11 is 5.89.